The fourth-order valence-corrected chi connectivity index (χ4v) is 4.17. The first-order chi connectivity index (χ1) is 9.82. The maximum atomic E-state index is 12.7. The molecule has 2 rings (SSSR count). The lowest BCUT2D eigenvalue weighted by atomic mass is 10.0. The molecule has 1 aromatic rings. The van der Waals surface area contributed by atoms with Gasteiger partial charge in [0, 0.05) is 25.7 Å². The van der Waals surface area contributed by atoms with Gasteiger partial charge in [-0.3, -0.25) is 4.31 Å². The van der Waals surface area contributed by atoms with Gasteiger partial charge in [0.2, 0.25) is 0 Å². The zero-order chi connectivity index (χ0) is 15.6. The van der Waals surface area contributed by atoms with Crippen molar-refractivity contribution < 1.29 is 8.42 Å². The van der Waals surface area contributed by atoms with E-state index in [1.807, 2.05) is 0 Å². The molecular weight excluding hydrogens is 306 g/mol. The van der Waals surface area contributed by atoms with Crippen LogP contribution in [0.3, 0.4) is 0 Å². The van der Waals surface area contributed by atoms with Crippen LogP contribution in [0.15, 0.2) is 24.3 Å². The standard InChI is InChI=1S/C14H21N3O2S2/c1-11-4-3-9-17(10-11)21(18,19)16(2)13-7-5-12(6-8-13)14(15)20/h5-8,11H,3-4,9-10H2,1-2H3,(H2,15,20). The average molecular weight is 327 g/mol. The fourth-order valence-electron chi connectivity index (χ4n) is 2.50. The molecule has 7 heteroatoms. The van der Waals surface area contributed by atoms with Crippen molar-refractivity contribution in [3.63, 3.8) is 0 Å². The summed E-state index contributed by atoms with van der Waals surface area (Å²) in [5.41, 5.74) is 6.88. The van der Waals surface area contributed by atoms with Gasteiger partial charge in [-0.2, -0.15) is 12.7 Å². The SMILES string of the molecule is CC1CCCN(S(=O)(=O)N(C)c2ccc(C(N)=S)cc2)C1. The number of hydrogen-bond acceptors (Lipinski definition) is 3. The Balaban J connectivity index is 2.21. The smallest absolute Gasteiger partial charge is 0.303 e. The number of thiocarbonyl (C=S) groups is 1. The molecule has 1 aliphatic heterocycles. The lowest BCUT2D eigenvalue weighted by Gasteiger charge is -2.33. The van der Waals surface area contributed by atoms with Crippen molar-refractivity contribution in [1.82, 2.24) is 4.31 Å². The van der Waals surface area contributed by atoms with E-state index >= 15 is 0 Å². The van der Waals surface area contributed by atoms with E-state index in [-0.39, 0.29) is 0 Å². The highest BCUT2D eigenvalue weighted by molar-refractivity contribution is 7.90. The fraction of sp³-hybridized carbons (Fsp3) is 0.500. The van der Waals surface area contributed by atoms with Crippen molar-refractivity contribution in [2.24, 2.45) is 11.7 Å². The van der Waals surface area contributed by atoms with Crippen molar-refractivity contribution in [2.45, 2.75) is 19.8 Å². The number of hydrogen-bond donors (Lipinski definition) is 1. The molecule has 0 aromatic heterocycles. The normalized spacial score (nSPS) is 20.2. The van der Waals surface area contributed by atoms with Gasteiger partial charge in [-0.25, -0.2) is 0 Å². The first-order valence-electron chi connectivity index (χ1n) is 6.96. The van der Waals surface area contributed by atoms with Gasteiger partial charge in [-0.15, -0.1) is 0 Å². The van der Waals surface area contributed by atoms with E-state index < -0.39 is 10.2 Å². The minimum Gasteiger partial charge on any atom is -0.389 e. The molecule has 0 spiro atoms. The Bertz CT molecular complexity index is 614. The third kappa shape index (κ3) is 3.53. The molecule has 0 bridgehead atoms. The summed E-state index contributed by atoms with van der Waals surface area (Å²) >= 11 is 4.90. The minimum absolute atomic E-state index is 0.303. The van der Waals surface area contributed by atoms with Crippen LogP contribution < -0.4 is 10.0 Å². The zero-order valence-corrected chi connectivity index (χ0v) is 14.0. The second-order valence-electron chi connectivity index (χ2n) is 5.49. The molecule has 0 amide bonds. The number of benzene rings is 1. The molecule has 0 saturated carbocycles. The summed E-state index contributed by atoms with van der Waals surface area (Å²) in [5.74, 6) is 0.402. The molecule has 116 valence electrons. The van der Waals surface area contributed by atoms with Crippen molar-refractivity contribution in [1.29, 1.82) is 0 Å². The highest BCUT2D eigenvalue weighted by Gasteiger charge is 2.30. The molecule has 1 saturated heterocycles. The van der Waals surface area contributed by atoms with Crippen molar-refractivity contribution in [2.75, 3.05) is 24.4 Å². The van der Waals surface area contributed by atoms with Gasteiger partial charge in [0.05, 0.1) is 5.69 Å². The van der Waals surface area contributed by atoms with Gasteiger partial charge in [0.15, 0.2) is 0 Å². The van der Waals surface area contributed by atoms with Gasteiger partial charge >= 0.3 is 10.2 Å². The molecule has 1 fully saturated rings. The Hall–Kier alpha value is -1.18. The van der Waals surface area contributed by atoms with Crippen LogP contribution >= 0.6 is 12.2 Å². The topological polar surface area (TPSA) is 66.6 Å². The molecule has 1 aliphatic rings. The van der Waals surface area contributed by atoms with Crippen LogP contribution in [0.25, 0.3) is 0 Å². The molecule has 2 N–H and O–H groups in total. The number of rotatable bonds is 4. The molecule has 1 unspecified atom stereocenters. The summed E-state index contributed by atoms with van der Waals surface area (Å²) in [6, 6.07) is 6.92. The second kappa shape index (κ2) is 6.29. The van der Waals surface area contributed by atoms with Gasteiger partial charge in [-0.05, 0) is 43.0 Å². The van der Waals surface area contributed by atoms with E-state index in [4.69, 9.17) is 18.0 Å². The average Bonchev–Trinajstić information content (AvgIpc) is 2.46. The molecule has 1 atom stereocenters. The molecule has 1 heterocycles. The van der Waals surface area contributed by atoms with Gasteiger partial charge in [0.1, 0.15) is 4.99 Å². The lowest BCUT2D eigenvalue weighted by molar-refractivity contribution is 0.281. The Morgan fingerprint density at radius 1 is 1.38 bits per heavy atom. The van der Waals surface area contributed by atoms with Crippen LogP contribution in [-0.2, 0) is 10.2 Å². The van der Waals surface area contributed by atoms with E-state index in [1.54, 1.807) is 35.6 Å². The summed E-state index contributed by atoms with van der Waals surface area (Å²) in [6.07, 6.45) is 1.99. The van der Waals surface area contributed by atoms with Crippen LogP contribution in [0.5, 0.6) is 0 Å². The summed E-state index contributed by atoms with van der Waals surface area (Å²) in [6.45, 7) is 3.25. The van der Waals surface area contributed by atoms with E-state index in [1.165, 1.54) is 4.31 Å². The first-order valence-corrected chi connectivity index (χ1v) is 8.76. The Morgan fingerprint density at radius 3 is 2.52 bits per heavy atom. The summed E-state index contributed by atoms with van der Waals surface area (Å²) < 4.78 is 28.2. The lowest BCUT2D eigenvalue weighted by Crippen LogP contribution is -2.46. The van der Waals surface area contributed by atoms with Crippen LogP contribution in [0.2, 0.25) is 0 Å². The summed E-state index contributed by atoms with van der Waals surface area (Å²) in [7, 11) is -1.90. The molecule has 0 radical (unpaired) electrons. The third-order valence-corrected chi connectivity index (χ3v) is 5.93. The molecule has 0 aliphatic carbocycles. The number of nitrogens with zero attached hydrogens (tertiary/aromatic N) is 2. The number of nitrogens with two attached hydrogens (primary N) is 1. The van der Waals surface area contributed by atoms with Crippen LogP contribution in [-0.4, -0.2) is 37.8 Å². The summed E-state index contributed by atoms with van der Waals surface area (Å²) in [4.78, 5) is 0.303. The van der Waals surface area contributed by atoms with Gasteiger partial charge in [-0.1, -0.05) is 19.1 Å². The van der Waals surface area contributed by atoms with Crippen molar-refractivity contribution in [3.8, 4) is 0 Å². The monoisotopic (exact) mass is 327 g/mol. The second-order valence-corrected chi connectivity index (χ2v) is 7.89. The number of piperidine rings is 1. The molecule has 1 aromatic carbocycles. The quantitative estimate of drug-likeness (QED) is 0.855. The highest BCUT2D eigenvalue weighted by Crippen LogP contribution is 2.24. The predicted molar refractivity (Wildman–Crippen MR) is 89.6 cm³/mol. The number of anilines is 1. The van der Waals surface area contributed by atoms with Gasteiger partial charge < -0.3 is 5.73 Å². The largest absolute Gasteiger partial charge is 0.389 e. The van der Waals surface area contributed by atoms with E-state index in [9.17, 15) is 8.42 Å². The third-order valence-electron chi connectivity index (χ3n) is 3.81. The van der Waals surface area contributed by atoms with E-state index in [2.05, 4.69) is 6.92 Å². The zero-order valence-electron chi connectivity index (χ0n) is 12.3. The maximum absolute atomic E-state index is 12.7. The van der Waals surface area contributed by atoms with Crippen LogP contribution in [0.1, 0.15) is 25.3 Å². The van der Waals surface area contributed by atoms with Crippen LogP contribution in [0.4, 0.5) is 5.69 Å². The molecule has 5 nitrogen and oxygen atoms in total. The van der Waals surface area contributed by atoms with E-state index in [0.717, 1.165) is 18.4 Å². The Kier molecular flexibility index (Phi) is 4.85. The maximum Gasteiger partial charge on any atom is 0.303 e. The minimum atomic E-state index is -3.48. The van der Waals surface area contributed by atoms with Crippen molar-refractivity contribution >= 4 is 33.1 Å². The van der Waals surface area contributed by atoms with Crippen LogP contribution in [0, 0.1) is 5.92 Å². The van der Waals surface area contributed by atoms with Gasteiger partial charge in [0.25, 0.3) is 0 Å². The molecular formula is C14H21N3O2S2. The summed E-state index contributed by atoms with van der Waals surface area (Å²) in [5, 5.41) is 0. The Labute approximate surface area is 131 Å². The van der Waals surface area contributed by atoms with E-state index in [0.29, 0.717) is 29.7 Å². The first kappa shape index (κ1) is 16.2. The predicted octanol–water partition coefficient (Wildman–Crippen LogP) is 1.73. The highest BCUT2D eigenvalue weighted by atomic mass is 32.2. The Morgan fingerprint density at radius 2 is 2.00 bits per heavy atom. The molecule has 21 heavy (non-hydrogen) atoms. The van der Waals surface area contributed by atoms with Crippen molar-refractivity contribution in [3.05, 3.63) is 29.8 Å².